The Labute approximate surface area is 626 Å². The third kappa shape index (κ3) is 8.07. The van der Waals surface area contributed by atoms with Crippen molar-refractivity contribution in [1.82, 2.24) is 13.7 Å². The molecule has 0 spiro atoms. The molecule has 3 aromatic heterocycles. The van der Waals surface area contributed by atoms with E-state index in [9.17, 15) is 0 Å². The van der Waals surface area contributed by atoms with Crippen LogP contribution in [0.3, 0.4) is 0 Å². The van der Waals surface area contributed by atoms with Gasteiger partial charge in [-0.3, -0.25) is 0 Å². The maximum absolute atomic E-state index is 2.75. The van der Waals surface area contributed by atoms with Gasteiger partial charge in [0.15, 0.2) is 0 Å². The molecule has 4 nitrogen and oxygen atoms in total. The fourth-order valence-electron chi connectivity index (χ4n) is 20.3. The zero-order chi connectivity index (χ0) is 70.8. The molecule has 0 radical (unpaired) electrons. The SMILES string of the molecule is c1ccc(-n2c3ccccc3c3cccc(-c4ccc(-c5cc6c7c(c5)-n5c8ccc9c%10ccccc%10c%10ccccc%10c9c8c8c9c%10ccccc%10c%10ccccc%10c9cc(c85)B7c5cc7ccccc7cc5N6c5ccc6ccccc6c5)c(-c5cccc6c7ccccc7n(-c7ccccc7)c56)c4)c32)cc1. The van der Waals surface area contributed by atoms with Crippen LogP contribution in [0.4, 0.5) is 17.1 Å². The van der Waals surface area contributed by atoms with E-state index in [4.69, 9.17) is 0 Å². The minimum absolute atomic E-state index is 0.206. The first-order valence-electron chi connectivity index (χ1n) is 38.0. The second-order valence-corrected chi connectivity index (χ2v) is 30.0. The number of hydrogen-bond donors (Lipinski definition) is 0. The standard InChI is InChI=1S/C104H61BN4/c1-3-29-68(30-4-1)107-91-47-21-19-39-79(91)84-44-23-43-72(102(84)107)66-50-52-71(87(56-66)86-46-24-45-85-80-40-20-22-48-92(80)108(103(85)86)69-31-5-2-6-32-69)67-59-95-101-96(60-67)109-93-54-53-83-77-37-13-11-33-73(77)75-35-15-17-41-81(75)97(83)99(93)100-98-82-42-18-16-36-76(82)74-34-12-14-38-78(74)88(98)61-90(104(100)109)105(101)89-57-64-27-9-10-28-65(64)58-94(89)106(95)70-51-49-62-25-7-8-26-63(62)55-70/h1-61H. The number of hydrogen-bond acceptors (Lipinski definition) is 1. The summed E-state index contributed by atoms with van der Waals surface area (Å²) in [5.41, 5.74) is 24.7. The summed E-state index contributed by atoms with van der Waals surface area (Å²) in [5.74, 6) is 0. The van der Waals surface area contributed by atoms with Gasteiger partial charge in [0.2, 0.25) is 0 Å². The van der Waals surface area contributed by atoms with Crippen LogP contribution in [-0.4, -0.2) is 20.4 Å². The molecule has 0 saturated heterocycles. The van der Waals surface area contributed by atoms with Gasteiger partial charge in [-0.15, -0.1) is 0 Å². The Balaban J connectivity index is 0.883. The number of benzene rings is 20. The maximum atomic E-state index is 2.75. The second-order valence-electron chi connectivity index (χ2n) is 30.0. The average molecular weight is 1380 g/mol. The van der Waals surface area contributed by atoms with E-state index in [1.807, 2.05) is 0 Å². The number of fused-ring (bicyclic) bond motifs is 29. The van der Waals surface area contributed by atoms with Gasteiger partial charge in [0.05, 0.1) is 33.1 Å². The van der Waals surface area contributed by atoms with Crippen molar-refractivity contribution in [3.05, 3.63) is 370 Å². The highest BCUT2D eigenvalue weighted by Gasteiger charge is 2.44. The van der Waals surface area contributed by atoms with Gasteiger partial charge in [0, 0.05) is 88.3 Å². The normalized spacial score (nSPS) is 12.7. The lowest BCUT2D eigenvalue weighted by molar-refractivity contribution is 1.18. The quantitative estimate of drug-likeness (QED) is 0.120. The van der Waals surface area contributed by atoms with Gasteiger partial charge in [-0.2, -0.15) is 0 Å². The molecule has 0 fully saturated rings. The highest BCUT2D eigenvalue weighted by Crippen LogP contribution is 2.53. The molecule has 0 unspecified atom stereocenters. The van der Waals surface area contributed by atoms with Gasteiger partial charge in [0.1, 0.15) is 0 Å². The minimum atomic E-state index is -0.206. The molecular formula is C104H61BN4. The molecular weight excluding hydrogens is 1320 g/mol. The summed E-state index contributed by atoms with van der Waals surface area (Å²) in [7, 11) is 0. The van der Waals surface area contributed by atoms with E-state index < -0.39 is 0 Å². The summed E-state index contributed by atoms with van der Waals surface area (Å²) < 4.78 is 7.75. The second kappa shape index (κ2) is 22.2. The maximum Gasteiger partial charge on any atom is 0.252 e. The van der Waals surface area contributed by atoms with E-state index >= 15 is 0 Å². The summed E-state index contributed by atoms with van der Waals surface area (Å²) in [4.78, 5) is 2.64. The van der Waals surface area contributed by atoms with Crippen molar-refractivity contribution >= 4 is 192 Å². The molecule has 0 N–H and O–H groups in total. The molecule has 5 heterocycles. The predicted molar refractivity (Wildman–Crippen MR) is 465 cm³/mol. The molecule has 500 valence electrons. The summed E-state index contributed by atoms with van der Waals surface area (Å²) in [5, 5.41) is 27.4. The lowest BCUT2D eigenvalue weighted by Gasteiger charge is -2.41. The third-order valence-electron chi connectivity index (χ3n) is 24.6. The molecule has 0 saturated carbocycles. The molecule has 2 aliphatic heterocycles. The van der Waals surface area contributed by atoms with E-state index in [0.717, 1.165) is 67.2 Å². The van der Waals surface area contributed by atoms with Crippen molar-refractivity contribution in [3.8, 4) is 50.4 Å². The topological polar surface area (TPSA) is 18.0 Å². The molecule has 25 rings (SSSR count). The van der Waals surface area contributed by atoms with Crippen molar-refractivity contribution < 1.29 is 0 Å². The Kier molecular flexibility index (Phi) is 12.0. The Hall–Kier alpha value is -14.3. The summed E-state index contributed by atoms with van der Waals surface area (Å²) in [6.45, 7) is -0.206. The number of nitrogens with zero attached hydrogens (tertiary/aromatic N) is 4. The zero-order valence-electron chi connectivity index (χ0n) is 59.1. The summed E-state index contributed by atoms with van der Waals surface area (Å²) in [6, 6.07) is 141. The molecule has 5 heteroatoms. The smallest absolute Gasteiger partial charge is 0.252 e. The largest absolute Gasteiger partial charge is 0.311 e. The molecule has 23 aromatic rings. The van der Waals surface area contributed by atoms with E-state index in [-0.39, 0.29) is 6.71 Å². The van der Waals surface area contributed by atoms with Crippen molar-refractivity contribution in [2.75, 3.05) is 4.90 Å². The Bertz CT molecular complexity index is 7960. The van der Waals surface area contributed by atoms with E-state index in [0.29, 0.717) is 0 Å². The highest BCUT2D eigenvalue weighted by atomic mass is 15.2. The summed E-state index contributed by atoms with van der Waals surface area (Å²) >= 11 is 0. The fraction of sp³-hybridized carbons (Fsp3) is 0. The van der Waals surface area contributed by atoms with Gasteiger partial charge < -0.3 is 18.6 Å². The number of anilines is 3. The van der Waals surface area contributed by atoms with Crippen LogP contribution in [0.2, 0.25) is 0 Å². The van der Waals surface area contributed by atoms with Crippen molar-refractivity contribution in [3.63, 3.8) is 0 Å². The molecule has 0 bridgehead atoms. The van der Waals surface area contributed by atoms with Gasteiger partial charge in [0.25, 0.3) is 6.71 Å². The van der Waals surface area contributed by atoms with Crippen molar-refractivity contribution in [2.45, 2.75) is 0 Å². The molecule has 0 atom stereocenters. The van der Waals surface area contributed by atoms with Crippen LogP contribution in [0.25, 0.3) is 202 Å². The van der Waals surface area contributed by atoms with Gasteiger partial charge in [-0.05, 0) is 193 Å². The van der Waals surface area contributed by atoms with Crippen LogP contribution in [0.15, 0.2) is 370 Å². The zero-order valence-corrected chi connectivity index (χ0v) is 59.1. The Morgan fingerprint density at radius 1 is 0.193 bits per heavy atom. The van der Waals surface area contributed by atoms with Crippen LogP contribution in [0.5, 0.6) is 0 Å². The first-order chi connectivity index (χ1) is 54.1. The van der Waals surface area contributed by atoms with Crippen LogP contribution in [0, 0.1) is 0 Å². The van der Waals surface area contributed by atoms with Crippen LogP contribution < -0.4 is 21.3 Å². The molecule has 0 amide bonds. The highest BCUT2D eigenvalue weighted by molar-refractivity contribution is 7.00. The lowest BCUT2D eigenvalue weighted by atomic mass is 9.33. The molecule has 109 heavy (non-hydrogen) atoms. The van der Waals surface area contributed by atoms with Crippen LogP contribution >= 0.6 is 0 Å². The summed E-state index contributed by atoms with van der Waals surface area (Å²) in [6.07, 6.45) is 0. The first kappa shape index (κ1) is 59.1. The minimum Gasteiger partial charge on any atom is -0.311 e. The number of aromatic nitrogens is 3. The van der Waals surface area contributed by atoms with E-state index in [1.54, 1.807) is 0 Å². The lowest BCUT2D eigenvalue weighted by Crippen LogP contribution is -2.60. The number of rotatable bonds is 6. The first-order valence-corrected chi connectivity index (χ1v) is 38.0. The molecule has 2 aliphatic rings. The van der Waals surface area contributed by atoms with Crippen LogP contribution in [-0.2, 0) is 0 Å². The average Bonchev–Trinajstić information content (AvgIpc) is 1.56. The predicted octanol–water partition coefficient (Wildman–Crippen LogP) is 25.8. The van der Waals surface area contributed by atoms with Crippen molar-refractivity contribution in [2.24, 2.45) is 0 Å². The Morgan fingerprint density at radius 2 is 0.670 bits per heavy atom. The van der Waals surface area contributed by atoms with Gasteiger partial charge in [-0.25, -0.2) is 0 Å². The van der Waals surface area contributed by atoms with E-state index in [2.05, 4.69) is 389 Å². The van der Waals surface area contributed by atoms with Gasteiger partial charge >= 0.3 is 0 Å². The number of para-hydroxylation sites is 6. The third-order valence-corrected chi connectivity index (χ3v) is 24.6. The van der Waals surface area contributed by atoms with Crippen molar-refractivity contribution in [1.29, 1.82) is 0 Å². The van der Waals surface area contributed by atoms with E-state index in [1.165, 1.54) is 168 Å². The van der Waals surface area contributed by atoms with Crippen LogP contribution in [0.1, 0.15) is 0 Å². The Morgan fingerprint density at radius 3 is 1.29 bits per heavy atom. The monoisotopic (exact) mass is 1380 g/mol. The fourth-order valence-corrected chi connectivity index (χ4v) is 20.3. The molecule has 0 aliphatic carbocycles. The molecule has 20 aromatic carbocycles. The van der Waals surface area contributed by atoms with Gasteiger partial charge in [-0.1, -0.05) is 291 Å².